The lowest BCUT2D eigenvalue weighted by Gasteiger charge is -2.32. The van der Waals surface area contributed by atoms with Crippen LogP contribution in [0.25, 0.3) is 66.8 Å². The van der Waals surface area contributed by atoms with E-state index in [1.54, 1.807) is 0 Å². The minimum absolute atomic E-state index is 0.106. The van der Waals surface area contributed by atoms with Gasteiger partial charge in [0, 0.05) is 27.6 Å². The summed E-state index contributed by atoms with van der Waals surface area (Å²) in [5.41, 5.74) is 23.4. The molecule has 0 unspecified atom stereocenters. The van der Waals surface area contributed by atoms with Gasteiger partial charge in [0.25, 0.3) is 0 Å². The lowest BCUT2D eigenvalue weighted by molar-refractivity contribution is 0.660. The summed E-state index contributed by atoms with van der Waals surface area (Å²) in [5, 5.41) is 0. The van der Waals surface area contributed by atoms with Crippen LogP contribution in [0.2, 0.25) is 0 Å². The molecule has 9 aromatic rings. The summed E-state index contributed by atoms with van der Waals surface area (Å²) >= 11 is 0. The summed E-state index contributed by atoms with van der Waals surface area (Å²) in [6.45, 7) is 9.47. The van der Waals surface area contributed by atoms with Gasteiger partial charge in [-0.05, 0) is 108 Å². The molecular formula is C60H47N. The van der Waals surface area contributed by atoms with Gasteiger partial charge in [-0.15, -0.1) is 0 Å². The predicted molar refractivity (Wildman–Crippen MR) is 258 cm³/mol. The van der Waals surface area contributed by atoms with E-state index in [1.165, 1.54) is 89.0 Å². The van der Waals surface area contributed by atoms with E-state index in [4.69, 9.17) is 0 Å². The van der Waals surface area contributed by atoms with E-state index < -0.39 is 0 Å². The van der Waals surface area contributed by atoms with Crippen molar-refractivity contribution in [2.75, 3.05) is 4.90 Å². The van der Waals surface area contributed by atoms with Crippen LogP contribution in [0.3, 0.4) is 0 Å². The van der Waals surface area contributed by atoms with Gasteiger partial charge in [-0.1, -0.05) is 210 Å². The summed E-state index contributed by atoms with van der Waals surface area (Å²) in [6, 6.07) is 78.8. The molecule has 0 N–H and O–H groups in total. The third-order valence-corrected chi connectivity index (χ3v) is 13.5. The minimum Gasteiger partial charge on any atom is -0.309 e. The molecule has 1 heteroatoms. The van der Waals surface area contributed by atoms with E-state index in [2.05, 4.69) is 245 Å². The van der Waals surface area contributed by atoms with Crippen molar-refractivity contribution in [3.8, 4) is 66.8 Å². The normalized spacial score (nSPS) is 13.8. The van der Waals surface area contributed by atoms with Gasteiger partial charge in [-0.2, -0.15) is 0 Å². The number of nitrogens with zero attached hydrogens (tertiary/aromatic N) is 1. The Morgan fingerprint density at radius 1 is 0.279 bits per heavy atom. The number of fused-ring (bicyclic) bond motifs is 6. The maximum absolute atomic E-state index is 2.55. The second-order valence-corrected chi connectivity index (χ2v) is 17.7. The first-order chi connectivity index (χ1) is 29.8. The molecule has 0 bridgehead atoms. The number of hydrogen-bond acceptors (Lipinski definition) is 1. The van der Waals surface area contributed by atoms with E-state index >= 15 is 0 Å². The summed E-state index contributed by atoms with van der Waals surface area (Å²) in [6.07, 6.45) is 0. The van der Waals surface area contributed by atoms with Gasteiger partial charge in [0.1, 0.15) is 0 Å². The van der Waals surface area contributed by atoms with Crippen molar-refractivity contribution < 1.29 is 0 Å². The van der Waals surface area contributed by atoms with Crippen molar-refractivity contribution in [2.24, 2.45) is 0 Å². The Morgan fingerprint density at radius 2 is 0.787 bits per heavy atom. The number of anilines is 3. The van der Waals surface area contributed by atoms with E-state index in [-0.39, 0.29) is 10.8 Å². The molecule has 11 rings (SSSR count). The Bertz CT molecular complexity index is 3120. The fraction of sp³-hybridized carbons (Fsp3) is 0.100. The number of hydrogen-bond donors (Lipinski definition) is 0. The molecular weight excluding hydrogens is 735 g/mol. The SMILES string of the molecule is CC1(C)c2ccccc2-c2cc(N(c3cc(-c4ccccc4)ccc3-c3ccc4c(c3)C(C)(C)c3ccccc3-4)c3cccc(-c4ccccc4)c3-c3ccccc3)ccc21. The third-order valence-electron chi connectivity index (χ3n) is 13.5. The van der Waals surface area contributed by atoms with Crippen LogP contribution in [0.15, 0.2) is 212 Å². The van der Waals surface area contributed by atoms with Crippen LogP contribution in [-0.4, -0.2) is 0 Å². The Labute approximate surface area is 360 Å². The predicted octanol–water partition coefficient (Wildman–Crippen LogP) is 16.4. The van der Waals surface area contributed by atoms with Gasteiger partial charge in [-0.3, -0.25) is 0 Å². The minimum atomic E-state index is -0.129. The first kappa shape index (κ1) is 36.8. The smallest absolute Gasteiger partial charge is 0.0546 e. The van der Waals surface area contributed by atoms with Crippen LogP contribution < -0.4 is 4.90 Å². The Kier molecular flexibility index (Phi) is 8.58. The van der Waals surface area contributed by atoms with Crippen LogP contribution in [0.4, 0.5) is 17.1 Å². The van der Waals surface area contributed by atoms with E-state index in [1.807, 2.05) is 0 Å². The Balaban J connectivity index is 1.23. The molecule has 0 aliphatic heterocycles. The second kappa shape index (κ2) is 14.2. The van der Waals surface area contributed by atoms with Gasteiger partial charge < -0.3 is 4.90 Å². The molecule has 0 saturated carbocycles. The number of rotatable bonds is 7. The van der Waals surface area contributed by atoms with E-state index in [0.717, 1.165) is 17.1 Å². The van der Waals surface area contributed by atoms with Crippen LogP contribution >= 0.6 is 0 Å². The maximum Gasteiger partial charge on any atom is 0.0546 e. The highest BCUT2D eigenvalue weighted by molar-refractivity contribution is 6.01. The highest BCUT2D eigenvalue weighted by atomic mass is 15.1. The zero-order chi connectivity index (χ0) is 41.3. The topological polar surface area (TPSA) is 3.24 Å². The van der Waals surface area contributed by atoms with Gasteiger partial charge in [0.2, 0.25) is 0 Å². The van der Waals surface area contributed by atoms with Gasteiger partial charge >= 0.3 is 0 Å². The Morgan fingerprint density at radius 3 is 1.48 bits per heavy atom. The zero-order valence-electron chi connectivity index (χ0n) is 35.2. The zero-order valence-corrected chi connectivity index (χ0v) is 35.2. The van der Waals surface area contributed by atoms with Crippen molar-refractivity contribution in [1.82, 2.24) is 0 Å². The molecule has 0 heterocycles. The Hall–Kier alpha value is -7.22. The van der Waals surface area contributed by atoms with Gasteiger partial charge in [0.05, 0.1) is 11.4 Å². The van der Waals surface area contributed by atoms with Crippen molar-refractivity contribution >= 4 is 17.1 Å². The molecule has 0 spiro atoms. The van der Waals surface area contributed by atoms with Crippen molar-refractivity contribution in [3.63, 3.8) is 0 Å². The highest BCUT2D eigenvalue weighted by Crippen LogP contribution is 2.55. The second-order valence-electron chi connectivity index (χ2n) is 17.7. The van der Waals surface area contributed by atoms with Crippen LogP contribution in [0.5, 0.6) is 0 Å². The monoisotopic (exact) mass is 781 g/mol. The van der Waals surface area contributed by atoms with Crippen molar-refractivity contribution in [3.05, 3.63) is 235 Å². The van der Waals surface area contributed by atoms with Crippen LogP contribution in [-0.2, 0) is 10.8 Å². The molecule has 292 valence electrons. The number of benzene rings is 9. The highest BCUT2D eigenvalue weighted by Gasteiger charge is 2.37. The molecule has 0 radical (unpaired) electrons. The molecule has 0 aromatic heterocycles. The lowest BCUT2D eigenvalue weighted by Crippen LogP contribution is -2.16. The van der Waals surface area contributed by atoms with E-state index in [9.17, 15) is 0 Å². The standard InChI is InChI=1S/C60H47N/c1-59(2)53-29-17-15-26-49(53)51-39-45(33-36-54(51)59)61(56-30-18-27-47(41-21-10-6-11-22-41)58(56)42-23-12-7-13-24-42)57-38-43(40-19-8-5-9-20-40)31-34-46(57)44-32-35-50-48-25-14-16-28-52(48)60(3,4)55(50)37-44/h5-39H,1-4H3. The average molecular weight is 782 g/mol. The largest absolute Gasteiger partial charge is 0.309 e. The molecule has 61 heavy (non-hydrogen) atoms. The molecule has 9 aromatic carbocycles. The molecule has 2 aliphatic carbocycles. The summed E-state index contributed by atoms with van der Waals surface area (Å²) < 4.78 is 0. The first-order valence-electron chi connectivity index (χ1n) is 21.5. The fourth-order valence-electron chi connectivity index (χ4n) is 10.4. The van der Waals surface area contributed by atoms with Crippen LogP contribution in [0.1, 0.15) is 49.9 Å². The van der Waals surface area contributed by atoms with E-state index in [0.29, 0.717) is 0 Å². The first-order valence-corrected chi connectivity index (χ1v) is 21.5. The fourth-order valence-corrected chi connectivity index (χ4v) is 10.4. The van der Waals surface area contributed by atoms with Crippen molar-refractivity contribution in [1.29, 1.82) is 0 Å². The third kappa shape index (κ3) is 5.91. The molecule has 0 fully saturated rings. The summed E-state index contributed by atoms with van der Waals surface area (Å²) in [4.78, 5) is 2.55. The van der Waals surface area contributed by atoms with Gasteiger partial charge in [0.15, 0.2) is 0 Å². The molecule has 2 aliphatic rings. The molecule has 0 amide bonds. The maximum atomic E-state index is 2.55. The lowest BCUT2D eigenvalue weighted by atomic mass is 9.81. The van der Waals surface area contributed by atoms with Crippen molar-refractivity contribution in [2.45, 2.75) is 38.5 Å². The average Bonchev–Trinajstić information content (AvgIpc) is 3.68. The summed E-state index contributed by atoms with van der Waals surface area (Å²) in [7, 11) is 0. The van der Waals surface area contributed by atoms with Gasteiger partial charge in [-0.25, -0.2) is 0 Å². The quantitative estimate of drug-likeness (QED) is 0.156. The molecule has 0 saturated heterocycles. The summed E-state index contributed by atoms with van der Waals surface area (Å²) in [5.74, 6) is 0. The molecule has 0 atom stereocenters. The van der Waals surface area contributed by atoms with Crippen LogP contribution in [0, 0.1) is 0 Å². The molecule has 1 nitrogen and oxygen atoms in total.